The molecular formula is C19H26N6O. The van der Waals surface area contributed by atoms with Crippen LogP contribution >= 0.6 is 0 Å². The van der Waals surface area contributed by atoms with Crippen molar-refractivity contribution in [3.05, 3.63) is 18.0 Å². The summed E-state index contributed by atoms with van der Waals surface area (Å²) in [5, 5.41) is 13.4. The predicted octanol–water partition coefficient (Wildman–Crippen LogP) is 2.23. The lowest BCUT2D eigenvalue weighted by Crippen LogP contribution is -2.60. The van der Waals surface area contributed by atoms with Gasteiger partial charge in [0.05, 0.1) is 6.04 Å². The van der Waals surface area contributed by atoms with Crippen molar-refractivity contribution in [2.24, 2.45) is 5.92 Å². The molecule has 3 heterocycles. The van der Waals surface area contributed by atoms with Gasteiger partial charge in [-0.2, -0.15) is 4.52 Å². The highest BCUT2D eigenvalue weighted by molar-refractivity contribution is 5.79. The number of hydrogen-bond donors (Lipinski definition) is 0. The highest BCUT2D eigenvalue weighted by Crippen LogP contribution is 2.35. The quantitative estimate of drug-likeness (QED) is 0.842. The van der Waals surface area contributed by atoms with Gasteiger partial charge >= 0.3 is 0 Å². The number of anilines is 1. The lowest BCUT2D eigenvalue weighted by molar-refractivity contribution is -0.136. The van der Waals surface area contributed by atoms with E-state index >= 15 is 0 Å². The van der Waals surface area contributed by atoms with Crippen LogP contribution in [-0.4, -0.2) is 56.8 Å². The largest absolute Gasteiger partial charge is 0.351 e. The van der Waals surface area contributed by atoms with Crippen molar-refractivity contribution in [3.63, 3.8) is 0 Å². The molecule has 7 heteroatoms. The Balaban J connectivity index is 1.27. The van der Waals surface area contributed by atoms with Crippen molar-refractivity contribution in [2.75, 3.05) is 25.0 Å². The molecular weight excluding hydrogens is 328 g/mol. The summed E-state index contributed by atoms with van der Waals surface area (Å²) in [7, 11) is 1.97. The molecule has 2 aromatic heterocycles. The van der Waals surface area contributed by atoms with Gasteiger partial charge < -0.3 is 9.80 Å². The van der Waals surface area contributed by atoms with Crippen LogP contribution < -0.4 is 4.90 Å². The van der Waals surface area contributed by atoms with E-state index in [1.807, 2.05) is 28.6 Å². The normalized spacial score (nSPS) is 21.8. The number of aromatic nitrogens is 4. The van der Waals surface area contributed by atoms with Crippen molar-refractivity contribution < 1.29 is 4.79 Å². The molecule has 1 amide bonds. The van der Waals surface area contributed by atoms with Crippen LogP contribution in [0.5, 0.6) is 0 Å². The molecule has 1 aliphatic heterocycles. The summed E-state index contributed by atoms with van der Waals surface area (Å²) in [5.41, 5.74) is 0.821. The first-order chi connectivity index (χ1) is 12.7. The van der Waals surface area contributed by atoms with E-state index in [0.717, 1.165) is 43.2 Å². The van der Waals surface area contributed by atoms with Gasteiger partial charge in [0.1, 0.15) is 5.82 Å². The number of amides is 1. The number of rotatable bonds is 4. The molecule has 7 nitrogen and oxygen atoms in total. The molecule has 3 fully saturated rings. The third-order valence-corrected chi connectivity index (χ3v) is 6.53. The molecule has 3 aliphatic rings. The van der Waals surface area contributed by atoms with Crippen molar-refractivity contribution >= 4 is 17.4 Å². The van der Waals surface area contributed by atoms with E-state index in [0.29, 0.717) is 17.9 Å². The summed E-state index contributed by atoms with van der Waals surface area (Å²) in [6.45, 7) is 1.71. The first-order valence-corrected chi connectivity index (χ1v) is 9.94. The molecule has 0 radical (unpaired) electrons. The molecule has 2 aliphatic carbocycles. The molecule has 0 aromatic carbocycles. The van der Waals surface area contributed by atoms with Crippen LogP contribution in [0.15, 0.2) is 12.1 Å². The van der Waals surface area contributed by atoms with E-state index in [4.69, 9.17) is 5.10 Å². The highest BCUT2D eigenvalue weighted by atomic mass is 16.2. The minimum absolute atomic E-state index is 0.255. The van der Waals surface area contributed by atoms with Crippen LogP contribution in [0.4, 0.5) is 5.82 Å². The van der Waals surface area contributed by atoms with Gasteiger partial charge in [0, 0.05) is 32.0 Å². The van der Waals surface area contributed by atoms with Crippen LogP contribution in [-0.2, 0) is 4.79 Å². The first kappa shape index (κ1) is 16.0. The summed E-state index contributed by atoms with van der Waals surface area (Å²) in [6.07, 6.45) is 8.18. The van der Waals surface area contributed by atoms with Gasteiger partial charge in [0.25, 0.3) is 0 Å². The summed E-state index contributed by atoms with van der Waals surface area (Å²) in [4.78, 5) is 16.8. The average molecular weight is 354 g/mol. The Bertz CT molecular complexity index is 817. The Morgan fingerprint density at radius 3 is 2.54 bits per heavy atom. The van der Waals surface area contributed by atoms with E-state index in [2.05, 4.69) is 15.1 Å². The summed E-state index contributed by atoms with van der Waals surface area (Å²) >= 11 is 0. The zero-order chi connectivity index (χ0) is 17.7. The van der Waals surface area contributed by atoms with Gasteiger partial charge in [-0.1, -0.05) is 19.3 Å². The van der Waals surface area contributed by atoms with Crippen LogP contribution in [0, 0.1) is 5.92 Å². The maximum absolute atomic E-state index is 12.6. The van der Waals surface area contributed by atoms with Crippen LogP contribution in [0.25, 0.3) is 5.65 Å². The van der Waals surface area contributed by atoms with Gasteiger partial charge in [-0.15, -0.1) is 15.3 Å². The number of likely N-dealkylation sites (N-methyl/N-ethyl adjacent to an activating group) is 1. The van der Waals surface area contributed by atoms with Crippen LogP contribution in [0.2, 0.25) is 0 Å². The molecule has 0 atom stereocenters. The molecule has 0 spiro atoms. The molecule has 2 saturated carbocycles. The van der Waals surface area contributed by atoms with E-state index in [1.54, 1.807) is 0 Å². The molecule has 0 unspecified atom stereocenters. The molecule has 0 N–H and O–H groups in total. The standard InChI is InChI=1S/C19H26N6O/c1-23(19(26)14-5-2-3-6-14)15-11-24(12-15)17-10-9-16-20-21-18(25(16)22-17)13-7-4-8-13/h9-10,13-15H,2-8,11-12H2,1H3. The Labute approximate surface area is 153 Å². The fraction of sp³-hybridized carbons (Fsp3) is 0.684. The molecule has 138 valence electrons. The first-order valence-electron chi connectivity index (χ1n) is 9.94. The number of hydrogen-bond acceptors (Lipinski definition) is 5. The Morgan fingerprint density at radius 2 is 1.85 bits per heavy atom. The minimum Gasteiger partial charge on any atom is -0.351 e. The van der Waals surface area contributed by atoms with Gasteiger partial charge in [0.2, 0.25) is 5.91 Å². The third kappa shape index (κ3) is 2.56. The van der Waals surface area contributed by atoms with Gasteiger partial charge in [-0.05, 0) is 37.8 Å². The predicted molar refractivity (Wildman–Crippen MR) is 98.1 cm³/mol. The number of carbonyl (C=O) groups excluding carboxylic acids is 1. The Hall–Kier alpha value is -2.18. The third-order valence-electron chi connectivity index (χ3n) is 6.53. The maximum atomic E-state index is 12.6. The highest BCUT2D eigenvalue weighted by Gasteiger charge is 2.36. The fourth-order valence-electron chi connectivity index (χ4n) is 4.41. The second-order valence-electron chi connectivity index (χ2n) is 8.14. The Kier molecular flexibility index (Phi) is 3.83. The van der Waals surface area contributed by atoms with Crippen LogP contribution in [0.3, 0.4) is 0 Å². The van der Waals surface area contributed by atoms with Gasteiger partial charge in [0.15, 0.2) is 11.5 Å². The van der Waals surface area contributed by atoms with Gasteiger partial charge in [-0.25, -0.2) is 0 Å². The van der Waals surface area contributed by atoms with Gasteiger partial charge in [-0.3, -0.25) is 4.79 Å². The van der Waals surface area contributed by atoms with E-state index < -0.39 is 0 Å². The average Bonchev–Trinajstić information content (AvgIpc) is 3.21. The molecule has 26 heavy (non-hydrogen) atoms. The number of nitrogens with zero attached hydrogens (tertiary/aromatic N) is 6. The maximum Gasteiger partial charge on any atom is 0.225 e. The molecule has 2 aromatic rings. The molecule has 5 rings (SSSR count). The Morgan fingerprint density at radius 1 is 1.08 bits per heavy atom. The van der Waals surface area contributed by atoms with Crippen molar-refractivity contribution in [1.29, 1.82) is 0 Å². The SMILES string of the molecule is CN(C(=O)C1CCCC1)C1CN(c2ccc3nnc(C4CCC4)n3n2)C1. The number of carbonyl (C=O) groups is 1. The molecule has 1 saturated heterocycles. The van der Waals surface area contributed by atoms with E-state index in [1.165, 1.54) is 32.1 Å². The van der Waals surface area contributed by atoms with Crippen LogP contribution in [0.1, 0.15) is 56.7 Å². The summed E-state index contributed by atoms with van der Waals surface area (Å²) < 4.78 is 1.92. The topological polar surface area (TPSA) is 66.6 Å². The zero-order valence-electron chi connectivity index (χ0n) is 15.3. The van der Waals surface area contributed by atoms with Crippen molar-refractivity contribution in [1.82, 2.24) is 24.7 Å². The fourth-order valence-corrected chi connectivity index (χ4v) is 4.41. The van der Waals surface area contributed by atoms with Crippen molar-refractivity contribution in [3.8, 4) is 0 Å². The van der Waals surface area contributed by atoms with Crippen molar-refractivity contribution in [2.45, 2.75) is 56.9 Å². The zero-order valence-corrected chi connectivity index (χ0v) is 15.3. The molecule has 0 bridgehead atoms. The second-order valence-corrected chi connectivity index (χ2v) is 8.14. The lowest BCUT2D eigenvalue weighted by atomic mass is 9.85. The lowest BCUT2D eigenvalue weighted by Gasteiger charge is -2.45. The van der Waals surface area contributed by atoms with E-state index in [9.17, 15) is 4.79 Å². The summed E-state index contributed by atoms with van der Waals surface area (Å²) in [6, 6.07) is 4.31. The monoisotopic (exact) mass is 354 g/mol. The minimum atomic E-state index is 0.255. The summed E-state index contributed by atoms with van der Waals surface area (Å²) in [5.74, 6) is 3.05. The second kappa shape index (κ2) is 6.21. The smallest absolute Gasteiger partial charge is 0.225 e. The number of fused-ring (bicyclic) bond motifs is 1. The van der Waals surface area contributed by atoms with E-state index in [-0.39, 0.29) is 5.92 Å².